The molecule has 3 aromatic rings. The zero-order valence-corrected chi connectivity index (χ0v) is 12.1. The molecule has 0 amide bonds. The van der Waals surface area contributed by atoms with Crippen molar-refractivity contribution in [3.63, 3.8) is 0 Å². The Hall–Kier alpha value is -2.95. The molecule has 0 fully saturated rings. The molecule has 0 unspecified atom stereocenters. The lowest BCUT2D eigenvalue weighted by atomic mass is 10.0. The first-order valence-corrected chi connectivity index (χ1v) is 7.20. The van der Waals surface area contributed by atoms with E-state index in [1.807, 2.05) is 18.2 Å². The van der Waals surface area contributed by atoms with E-state index >= 15 is 0 Å². The second kappa shape index (κ2) is 5.11. The minimum absolute atomic E-state index is 0.0120. The Morgan fingerprint density at radius 1 is 1.00 bits per heavy atom. The third-order valence-electron chi connectivity index (χ3n) is 3.83. The number of nitrogens with one attached hydrogen (secondary N) is 1. The molecule has 2 aromatic carbocycles. The summed E-state index contributed by atoms with van der Waals surface area (Å²) in [6.07, 6.45) is 2.16. The maximum Gasteiger partial charge on any atom is 0.248 e. The molecule has 0 aliphatic carbocycles. The number of anilines is 1. The topological polar surface area (TPSA) is 55.6 Å². The van der Waals surface area contributed by atoms with Crippen molar-refractivity contribution in [2.45, 2.75) is 13.0 Å². The molecule has 1 aliphatic heterocycles. The van der Waals surface area contributed by atoms with Crippen LogP contribution < -0.4 is 5.32 Å². The second-order valence-corrected chi connectivity index (χ2v) is 5.37. The van der Waals surface area contributed by atoms with Crippen LogP contribution in [0.3, 0.4) is 0 Å². The minimum atomic E-state index is -0.0120. The van der Waals surface area contributed by atoms with Gasteiger partial charge in [-0.25, -0.2) is 0 Å². The third-order valence-corrected chi connectivity index (χ3v) is 3.83. The molecule has 0 saturated carbocycles. The molecule has 5 nitrogen and oxygen atoms in total. The van der Waals surface area contributed by atoms with E-state index in [1.165, 1.54) is 5.56 Å². The Morgan fingerprint density at radius 2 is 1.77 bits per heavy atom. The first-order chi connectivity index (χ1) is 10.8. The van der Waals surface area contributed by atoms with E-state index in [0.29, 0.717) is 5.95 Å². The van der Waals surface area contributed by atoms with Crippen LogP contribution in [0, 0.1) is 6.92 Å². The molecule has 108 valence electrons. The van der Waals surface area contributed by atoms with Crippen LogP contribution in [0.25, 0.3) is 5.70 Å². The van der Waals surface area contributed by atoms with Gasteiger partial charge in [0.15, 0.2) is 0 Å². The van der Waals surface area contributed by atoms with E-state index < -0.39 is 0 Å². The summed E-state index contributed by atoms with van der Waals surface area (Å²) in [6, 6.07) is 18.7. The number of tetrazole rings is 1. The molecule has 5 heteroatoms. The van der Waals surface area contributed by atoms with Crippen molar-refractivity contribution in [1.29, 1.82) is 0 Å². The predicted octanol–water partition coefficient (Wildman–Crippen LogP) is 3.04. The van der Waals surface area contributed by atoms with Crippen molar-refractivity contribution < 1.29 is 0 Å². The first-order valence-electron chi connectivity index (χ1n) is 7.20. The first kappa shape index (κ1) is 12.8. The summed E-state index contributed by atoms with van der Waals surface area (Å²) in [5.74, 6) is 0.659. The van der Waals surface area contributed by atoms with Gasteiger partial charge in [-0.3, -0.25) is 0 Å². The van der Waals surface area contributed by atoms with Crippen molar-refractivity contribution >= 4 is 11.6 Å². The molecule has 0 bridgehead atoms. The SMILES string of the molecule is Cc1ccc([C@@H]2C=C(c3ccccc3)Nc3nnnn32)cc1. The molecular formula is C17H15N5. The molecule has 0 spiro atoms. The summed E-state index contributed by atoms with van der Waals surface area (Å²) in [5, 5.41) is 15.3. The fourth-order valence-electron chi connectivity index (χ4n) is 2.64. The van der Waals surface area contributed by atoms with Crippen molar-refractivity contribution in [2.75, 3.05) is 5.32 Å². The van der Waals surface area contributed by atoms with E-state index in [0.717, 1.165) is 16.8 Å². The highest BCUT2D eigenvalue weighted by Crippen LogP contribution is 2.31. The number of benzene rings is 2. The highest BCUT2D eigenvalue weighted by molar-refractivity contribution is 5.76. The maximum atomic E-state index is 4.11. The van der Waals surface area contributed by atoms with Gasteiger partial charge in [0.05, 0.1) is 0 Å². The van der Waals surface area contributed by atoms with Crippen LogP contribution in [-0.2, 0) is 0 Å². The van der Waals surface area contributed by atoms with Crippen molar-refractivity contribution in [3.05, 3.63) is 77.4 Å². The standard InChI is InChI=1S/C17H15N5/c1-12-7-9-14(10-8-12)16-11-15(13-5-3-2-4-6-13)18-17-19-20-21-22(16)17/h2-11,16H,1H3,(H,18,19,21)/t16-/m0/s1. The average Bonchev–Trinajstić information content (AvgIpc) is 3.04. The van der Waals surface area contributed by atoms with Crippen molar-refractivity contribution in [3.8, 4) is 0 Å². The summed E-state index contributed by atoms with van der Waals surface area (Å²) in [6.45, 7) is 2.08. The van der Waals surface area contributed by atoms with Crippen LogP contribution in [0.15, 0.2) is 60.7 Å². The van der Waals surface area contributed by atoms with Crippen LogP contribution >= 0.6 is 0 Å². The highest BCUT2D eigenvalue weighted by atomic mass is 15.6. The van der Waals surface area contributed by atoms with Gasteiger partial charge in [-0.15, -0.1) is 0 Å². The molecule has 2 heterocycles. The molecule has 1 aromatic heterocycles. The number of rotatable bonds is 2. The Morgan fingerprint density at radius 3 is 2.55 bits per heavy atom. The van der Waals surface area contributed by atoms with Gasteiger partial charge in [0, 0.05) is 5.70 Å². The number of fused-ring (bicyclic) bond motifs is 1. The molecule has 22 heavy (non-hydrogen) atoms. The lowest BCUT2D eigenvalue weighted by Crippen LogP contribution is -2.20. The van der Waals surface area contributed by atoms with Crippen LogP contribution in [0.5, 0.6) is 0 Å². The number of nitrogens with zero attached hydrogens (tertiary/aromatic N) is 4. The third kappa shape index (κ3) is 2.16. The minimum Gasteiger partial charge on any atom is -0.323 e. The Bertz CT molecular complexity index is 818. The zero-order chi connectivity index (χ0) is 14.9. The van der Waals surface area contributed by atoms with Gasteiger partial charge in [0.25, 0.3) is 0 Å². The van der Waals surface area contributed by atoms with Gasteiger partial charge in [-0.05, 0) is 34.6 Å². The van der Waals surface area contributed by atoms with E-state index in [2.05, 4.69) is 70.2 Å². The van der Waals surface area contributed by atoms with E-state index in [4.69, 9.17) is 0 Å². The summed E-state index contributed by atoms with van der Waals surface area (Å²) in [5.41, 5.74) is 4.54. The lowest BCUT2D eigenvalue weighted by molar-refractivity contribution is 0.586. The van der Waals surface area contributed by atoms with Gasteiger partial charge in [-0.2, -0.15) is 4.68 Å². The van der Waals surface area contributed by atoms with Gasteiger partial charge in [-0.1, -0.05) is 65.3 Å². The largest absolute Gasteiger partial charge is 0.323 e. The fourth-order valence-corrected chi connectivity index (χ4v) is 2.64. The molecule has 1 aliphatic rings. The van der Waals surface area contributed by atoms with E-state index in [-0.39, 0.29) is 6.04 Å². The van der Waals surface area contributed by atoms with Crippen LogP contribution in [0.1, 0.15) is 22.7 Å². The van der Waals surface area contributed by atoms with Crippen LogP contribution in [0.2, 0.25) is 0 Å². The smallest absolute Gasteiger partial charge is 0.248 e. The summed E-state index contributed by atoms with van der Waals surface area (Å²) in [4.78, 5) is 0. The molecule has 4 rings (SSSR count). The molecule has 0 saturated heterocycles. The number of aryl methyl sites for hydroxylation is 1. The Kier molecular flexibility index (Phi) is 2.96. The summed E-state index contributed by atoms with van der Waals surface area (Å²) < 4.78 is 1.80. The summed E-state index contributed by atoms with van der Waals surface area (Å²) in [7, 11) is 0. The van der Waals surface area contributed by atoms with Crippen LogP contribution in [0.4, 0.5) is 5.95 Å². The predicted molar refractivity (Wildman–Crippen MR) is 85.2 cm³/mol. The number of aromatic nitrogens is 4. The molecule has 0 radical (unpaired) electrons. The monoisotopic (exact) mass is 289 g/mol. The van der Waals surface area contributed by atoms with Crippen LogP contribution in [-0.4, -0.2) is 20.2 Å². The normalized spacial score (nSPS) is 16.6. The van der Waals surface area contributed by atoms with Crippen molar-refractivity contribution in [2.24, 2.45) is 0 Å². The number of allylic oxidation sites excluding steroid dienone is 1. The van der Waals surface area contributed by atoms with E-state index in [1.54, 1.807) is 4.68 Å². The maximum absolute atomic E-state index is 4.11. The zero-order valence-electron chi connectivity index (χ0n) is 12.1. The molecule has 1 atom stereocenters. The molecular weight excluding hydrogens is 274 g/mol. The lowest BCUT2D eigenvalue weighted by Gasteiger charge is -2.23. The van der Waals surface area contributed by atoms with E-state index in [9.17, 15) is 0 Å². The fraction of sp³-hybridized carbons (Fsp3) is 0.118. The van der Waals surface area contributed by atoms with Gasteiger partial charge in [0.2, 0.25) is 5.95 Å². The average molecular weight is 289 g/mol. The summed E-state index contributed by atoms with van der Waals surface area (Å²) >= 11 is 0. The van der Waals surface area contributed by atoms with Gasteiger partial charge in [0.1, 0.15) is 6.04 Å². The van der Waals surface area contributed by atoms with Crippen molar-refractivity contribution in [1.82, 2.24) is 20.2 Å². The second-order valence-electron chi connectivity index (χ2n) is 5.37. The molecule has 1 N–H and O–H groups in total. The van der Waals surface area contributed by atoms with Gasteiger partial charge >= 0.3 is 0 Å². The van der Waals surface area contributed by atoms with Gasteiger partial charge < -0.3 is 5.32 Å². The Labute approximate surface area is 128 Å². The Balaban J connectivity index is 1.81. The number of hydrogen-bond donors (Lipinski definition) is 1. The number of hydrogen-bond acceptors (Lipinski definition) is 4. The highest BCUT2D eigenvalue weighted by Gasteiger charge is 2.23. The quantitative estimate of drug-likeness (QED) is 0.788.